The van der Waals surface area contributed by atoms with E-state index in [9.17, 15) is 19.2 Å². The molecule has 49 heavy (non-hydrogen) atoms. The molecule has 11 nitrogen and oxygen atoms in total. The molecule has 2 aromatic heterocycles. The van der Waals surface area contributed by atoms with Crippen LogP contribution in [0.4, 0.5) is 5.69 Å². The summed E-state index contributed by atoms with van der Waals surface area (Å²) in [6.45, 7) is 11.3. The minimum absolute atomic E-state index is 0.0481. The van der Waals surface area contributed by atoms with Crippen LogP contribution in [0.15, 0.2) is 46.0 Å². The van der Waals surface area contributed by atoms with E-state index in [0.29, 0.717) is 37.4 Å². The second kappa shape index (κ2) is 13.0. The topological polar surface area (TPSA) is 122 Å². The van der Waals surface area contributed by atoms with Gasteiger partial charge in [-0.15, -0.1) is 0 Å². The number of fused-ring (bicyclic) bond motifs is 1. The van der Waals surface area contributed by atoms with Gasteiger partial charge in [0.05, 0.1) is 17.1 Å². The number of H-pyrrole nitrogens is 1. The van der Waals surface area contributed by atoms with Crippen LogP contribution in [0.5, 0.6) is 0 Å². The smallest absolute Gasteiger partial charge is 0.329 e. The summed E-state index contributed by atoms with van der Waals surface area (Å²) in [5, 5.41) is 3.02. The van der Waals surface area contributed by atoms with Gasteiger partial charge in [0.2, 0.25) is 5.91 Å². The van der Waals surface area contributed by atoms with Crippen molar-refractivity contribution >= 4 is 28.5 Å². The number of nitrogens with zero attached hydrogens (tertiary/aromatic N) is 4. The largest absolute Gasteiger partial charge is 0.381 e. The first-order valence-corrected chi connectivity index (χ1v) is 17.5. The molecule has 0 atom stereocenters. The lowest BCUT2D eigenvalue weighted by Crippen LogP contribution is -2.53. The van der Waals surface area contributed by atoms with E-state index >= 15 is 0 Å². The van der Waals surface area contributed by atoms with Crippen molar-refractivity contribution in [3.8, 4) is 11.1 Å². The standard InChI is InChI=1S/C38H46N6O5/c1-6-43(28-11-13-49-14-12-28)33-18-27(16-30(24(33)4)35(45)39-19-31-22(2)15-23(3)40-36(31)46)26-9-10-32-34(17-26)41(5)38(48)44(32)29-20-42(21-29)37(47)25-7-8-25/h9-10,15-18,25,28-29H,6-8,11-14,19-21H2,1-5H3,(H,39,45)(H,40,46). The van der Waals surface area contributed by atoms with Crippen molar-refractivity contribution in [2.75, 3.05) is 37.7 Å². The second-order valence-corrected chi connectivity index (χ2v) is 14.0. The third-order valence-electron chi connectivity index (χ3n) is 10.7. The van der Waals surface area contributed by atoms with Gasteiger partial charge in [0.25, 0.3) is 11.5 Å². The van der Waals surface area contributed by atoms with Crippen LogP contribution in [0, 0.1) is 26.7 Å². The number of aromatic amines is 1. The zero-order valence-electron chi connectivity index (χ0n) is 29.1. The molecule has 2 aromatic carbocycles. The highest BCUT2D eigenvalue weighted by Gasteiger charge is 2.40. The van der Waals surface area contributed by atoms with Crippen LogP contribution in [0.1, 0.15) is 71.4 Å². The predicted molar refractivity (Wildman–Crippen MR) is 190 cm³/mol. The van der Waals surface area contributed by atoms with Gasteiger partial charge >= 0.3 is 5.69 Å². The zero-order valence-corrected chi connectivity index (χ0v) is 29.1. The number of benzene rings is 2. The maximum atomic E-state index is 14.0. The number of anilines is 1. The van der Waals surface area contributed by atoms with Crippen molar-refractivity contribution in [2.45, 2.75) is 72.0 Å². The summed E-state index contributed by atoms with van der Waals surface area (Å²) in [6, 6.07) is 12.2. The van der Waals surface area contributed by atoms with Gasteiger partial charge in [-0.3, -0.25) is 23.5 Å². The number of ether oxygens (including phenoxy) is 1. The van der Waals surface area contributed by atoms with Crippen molar-refractivity contribution in [3.63, 3.8) is 0 Å². The van der Waals surface area contributed by atoms with Gasteiger partial charge in [-0.2, -0.15) is 0 Å². The Kier molecular flexibility index (Phi) is 8.73. The quantitative estimate of drug-likeness (QED) is 0.274. The number of likely N-dealkylation sites (tertiary alicyclic amines) is 1. The third-order valence-corrected chi connectivity index (χ3v) is 10.7. The van der Waals surface area contributed by atoms with Gasteiger partial charge in [-0.25, -0.2) is 4.79 Å². The van der Waals surface area contributed by atoms with Crippen LogP contribution in [0.2, 0.25) is 0 Å². The molecule has 2 amide bonds. The van der Waals surface area contributed by atoms with Crippen molar-refractivity contribution in [1.29, 1.82) is 0 Å². The number of amides is 2. The van der Waals surface area contributed by atoms with Gasteiger partial charge in [0, 0.05) is 80.9 Å². The normalized spacial score (nSPS) is 17.0. The summed E-state index contributed by atoms with van der Waals surface area (Å²) in [5.74, 6) is 0.131. The van der Waals surface area contributed by atoms with Crippen molar-refractivity contribution < 1.29 is 14.3 Å². The number of carbonyl (C=O) groups is 2. The Hall–Kier alpha value is -4.64. The summed E-state index contributed by atoms with van der Waals surface area (Å²) in [7, 11) is 1.79. The molecule has 2 N–H and O–H groups in total. The van der Waals surface area contributed by atoms with Gasteiger partial charge in [-0.1, -0.05) is 6.07 Å². The number of rotatable bonds is 9. The number of carbonyl (C=O) groups excluding carboxylic acids is 2. The first-order valence-electron chi connectivity index (χ1n) is 17.5. The second-order valence-electron chi connectivity index (χ2n) is 14.0. The molecule has 0 unspecified atom stereocenters. The minimum Gasteiger partial charge on any atom is -0.381 e. The predicted octanol–water partition coefficient (Wildman–Crippen LogP) is 4.35. The summed E-state index contributed by atoms with van der Waals surface area (Å²) < 4.78 is 9.17. The first kappa shape index (κ1) is 32.9. The molecular formula is C38H46N6O5. The zero-order chi connectivity index (χ0) is 34.6. The Labute approximate surface area is 285 Å². The number of nitrogens with one attached hydrogen (secondary N) is 2. The number of aryl methyl sites for hydroxylation is 3. The monoisotopic (exact) mass is 666 g/mol. The van der Waals surface area contributed by atoms with E-state index in [4.69, 9.17) is 4.74 Å². The van der Waals surface area contributed by atoms with Gasteiger partial charge < -0.3 is 24.8 Å². The Bertz CT molecular complexity index is 2060. The van der Waals surface area contributed by atoms with Crippen LogP contribution >= 0.6 is 0 Å². The van der Waals surface area contributed by atoms with Crippen LogP contribution in [0.25, 0.3) is 22.2 Å². The highest BCUT2D eigenvalue weighted by molar-refractivity contribution is 5.99. The van der Waals surface area contributed by atoms with Crippen LogP contribution in [-0.2, 0) is 23.1 Å². The first-order chi connectivity index (χ1) is 23.5. The Morgan fingerprint density at radius 2 is 1.69 bits per heavy atom. The molecule has 7 rings (SSSR count). The average Bonchev–Trinajstić information content (AvgIpc) is 3.89. The fourth-order valence-electron chi connectivity index (χ4n) is 7.67. The lowest BCUT2D eigenvalue weighted by molar-refractivity contribution is -0.138. The van der Waals surface area contributed by atoms with E-state index in [-0.39, 0.29) is 47.6 Å². The van der Waals surface area contributed by atoms with Crippen LogP contribution in [0.3, 0.4) is 0 Å². The number of hydrogen-bond acceptors (Lipinski definition) is 6. The molecular weight excluding hydrogens is 620 g/mol. The summed E-state index contributed by atoms with van der Waals surface area (Å²) in [6.07, 6.45) is 3.75. The molecule has 3 fully saturated rings. The molecule has 258 valence electrons. The maximum Gasteiger partial charge on any atom is 0.329 e. The number of imidazole rings is 1. The fourth-order valence-corrected chi connectivity index (χ4v) is 7.67. The summed E-state index contributed by atoms with van der Waals surface area (Å²) in [5.41, 5.74) is 7.65. The van der Waals surface area contributed by atoms with E-state index in [1.165, 1.54) is 0 Å². The van der Waals surface area contributed by atoms with E-state index in [1.807, 2.05) is 60.6 Å². The number of hydrogen-bond donors (Lipinski definition) is 2. The van der Waals surface area contributed by atoms with Crippen LogP contribution in [-0.4, -0.2) is 69.7 Å². The Morgan fingerprint density at radius 3 is 2.37 bits per heavy atom. The molecule has 4 aromatic rings. The van der Waals surface area contributed by atoms with E-state index in [2.05, 4.69) is 28.2 Å². The molecule has 1 saturated carbocycles. The van der Waals surface area contributed by atoms with Crippen molar-refractivity contribution in [1.82, 2.24) is 24.3 Å². The molecule has 0 bridgehead atoms. The fraction of sp³-hybridized carbons (Fsp3) is 0.474. The summed E-state index contributed by atoms with van der Waals surface area (Å²) in [4.78, 5) is 59.8. The third kappa shape index (κ3) is 6.09. The van der Waals surface area contributed by atoms with Crippen molar-refractivity contribution in [3.05, 3.63) is 85.2 Å². The Morgan fingerprint density at radius 1 is 0.959 bits per heavy atom. The molecule has 0 radical (unpaired) electrons. The highest BCUT2D eigenvalue weighted by Crippen LogP contribution is 2.37. The van der Waals surface area contributed by atoms with Gasteiger partial charge in [-0.05, 0) is 106 Å². The number of pyridine rings is 1. The Balaban J connectivity index is 1.25. The van der Waals surface area contributed by atoms with Gasteiger partial charge in [0.15, 0.2) is 0 Å². The molecule has 0 spiro atoms. The molecule has 2 saturated heterocycles. The minimum atomic E-state index is -0.252. The van der Waals surface area contributed by atoms with Crippen LogP contribution < -0.4 is 21.5 Å². The van der Waals surface area contributed by atoms with Crippen molar-refractivity contribution in [2.24, 2.45) is 13.0 Å². The summed E-state index contributed by atoms with van der Waals surface area (Å²) >= 11 is 0. The molecule has 1 aliphatic carbocycles. The maximum absolute atomic E-state index is 14.0. The molecule has 11 heteroatoms. The molecule has 2 aliphatic heterocycles. The van der Waals surface area contributed by atoms with E-state index in [1.54, 1.807) is 11.6 Å². The SMILES string of the molecule is CCN(c1cc(-c2ccc3c(c2)n(C)c(=O)n3C2CN(C(=O)C3CC3)C2)cc(C(=O)NCc2c(C)cc(C)[nH]c2=O)c1C)C1CCOCC1. The average molecular weight is 667 g/mol. The number of aromatic nitrogens is 3. The lowest BCUT2D eigenvalue weighted by atomic mass is 9.95. The van der Waals surface area contributed by atoms with E-state index in [0.717, 1.165) is 76.9 Å². The van der Waals surface area contributed by atoms with Gasteiger partial charge in [0.1, 0.15) is 0 Å². The molecule has 3 aliphatic rings. The molecule has 4 heterocycles. The van der Waals surface area contributed by atoms with E-state index < -0.39 is 0 Å². The highest BCUT2D eigenvalue weighted by atomic mass is 16.5. The lowest BCUT2D eigenvalue weighted by Gasteiger charge is -2.40.